The van der Waals surface area contributed by atoms with Crippen LogP contribution in [0.25, 0.3) is 11.3 Å². The van der Waals surface area contributed by atoms with Crippen molar-refractivity contribution in [1.29, 1.82) is 0 Å². The van der Waals surface area contributed by atoms with Gasteiger partial charge < -0.3 is 4.52 Å². The van der Waals surface area contributed by atoms with Gasteiger partial charge in [0.05, 0.1) is 11.8 Å². The Morgan fingerprint density at radius 3 is 2.64 bits per heavy atom. The van der Waals surface area contributed by atoms with E-state index < -0.39 is 10.0 Å². The van der Waals surface area contributed by atoms with Crippen LogP contribution in [0, 0.1) is 5.82 Å². The molecular formula is C15H15FN2O3S. The number of benzene rings is 1. The lowest BCUT2D eigenvalue weighted by Gasteiger charge is -2.25. The SMILES string of the molecule is O=S(=O)(C1CC1)N1CCc2c(noc2-c2ccc(F)cc2)C1. The summed E-state index contributed by atoms with van der Waals surface area (Å²) < 4.78 is 44.5. The Hall–Kier alpha value is -1.73. The average molecular weight is 322 g/mol. The molecule has 0 bridgehead atoms. The van der Waals surface area contributed by atoms with Gasteiger partial charge in [-0.15, -0.1) is 0 Å². The molecule has 4 rings (SSSR count). The largest absolute Gasteiger partial charge is 0.356 e. The highest BCUT2D eigenvalue weighted by atomic mass is 32.2. The molecule has 2 aliphatic rings. The average Bonchev–Trinajstić information content (AvgIpc) is 3.29. The molecule has 1 saturated carbocycles. The van der Waals surface area contributed by atoms with E-state index in [1.165, 1.54) is 16.4 Å². The van der Waals surface area contributed by atoms with E-state index in [0.29, 0.717) is 24.4 Å². The molecule has 2 aromatic rings. The van der Waals surface area contributed by atoms with Crippen LogP contribution in [0.15, 0.2) is 28.8 Å². The second-order valence-corrected chi connectivity index (χ2v) is 7.98. The maximum Gasteiger partial charge on any atom is 0.217 e. The van der Waals surface area contributed by atoms with Crippen LogP contribution in [0.3, 0.4) is 0 Å². The number of halogens is 1. The van der Waals surface area contributed by atoms with Crippen LogP contribution in [0.1, 0.15) is 24.1 Å². The number of fused-ring (bicyclic) bond motifs is 1. The Labute approximate surface area is 127 Å². The summed E-state index contributed by atoms with van der Waals surface area (Å²) in [6.07, 6.45) is 2.08. The minimum Gasteiger partial charge on any atom is -0.356 e. The van der Waals surface area contributed by atoms with Crippen LogP contribution >= 0.6 is 0 Å². The maximum atomic E-state index is 13.0. The third kappa shape index (κ3) is 2.24. The second-order valence-electron chi connectivity index (χ2n) is 5.77. The summed E-state index contributed by atoms with van der Waals surface area (Å²) in [5.74, 6) is 0.303. The van der Waals surface area contributed by atoms with Gasteiger partial charge in [0.2, 0.25) is 10.0 Å². The number of rotatable bonds is 3. The lowest BCUT2D eigenvalue weighted by atomic mass is 10.0. The smallest absolute Gasteiger partial charge is 0.217 e. The molecule has 22 heavy (non-hydrogen) atoms. The topological polar surface area (TPSA) is 63.4 Å². The first-order valence-electron chi connectivity index (χ1n) is 7.28. The van der Waals surface area contributed by atoms with Gasteiger partial charge in [0.1, 0.15) is 11.5 Å². The van der Waals surface area contributed by atoms with E-state index in [4.69, 9.17) is 4.52 Å². The van der Waals surface area contributed by atoms with Crippen molar-refractivity contribution in [2.75, 3.05) is 6.54 Å². The van der Waals surface area contributed by atoms with Crippen molar-refractivity contribution in [3.63, 3.8) is 0 Å². The molecule has 2 heterocycles. The Bertz CT molecular complexity index is 810. The van der Waals surface area contributed by atoms with Crippen molar-refractivity contribution in [3.8, 4) is 11.3 Å². The van der Waals surface area contributed by atoms with Gasteiger partial charge in [0.15, 0.2) is 5.76 Å². The summed E-state index contributed by atoms with van der Waals surface area (Å²) in [5.41, 5.74) is 2.34. The third-order valence-electron chi connectivity index (χ3n) is 4.22. The Balaban J connectivity index is 1.64. The fourth-order valence-electron chi connectivity index (χ4n) is 2.83. The minimum absolute atomic E-state index is 0.211. The molecule has 1 aliphatic carbocycles. The zero-order valence-electron chi connectivity index (χ0n) is 11.8. The van der Waals surface area contributed by atoms with Crippen molar-refractivity contribution in [3.05, 3.63) is 41.3 Å². The van der Waals surface area contributed by atoms with E-state index in [-0.39, 0.29) is 17.6 Å². The summed E-state index contributed by atoms with van der Waals surface area (Å²) in [7, 11) is -3.19. The van der Waals surface area contributed by atoms with Crippen LogP contribution in [0.4, 0.5) is 4.39 Å². The molecule has 1 fully saturated rings. The molecule has 1 aliphatic heterocycles. The summed E-state index contributed by atoms with van der Waals surface area (Å²) in [4.78, 5) is 0. The lowest BCUT2D eigenvalue weighted by molar-refractivity contribution is 0.370. The number of hydrogen-bond donors (Lipinski definition) is 0. The number of aromatic nitrogens is 1. The molecule has 5 nitrogen and oxygen atoms in total. The Morgan fingerprint density at radius 1 is 1.23 bits per heavy atom. The molecule has 116 valence electrons. The molecule has 0 atom stereocenters. The van der Waals surface area contributed by atoms with Crippen LogP contribution in [-0.4, -0.2) is 29.7 Å². The van der Waals surface area contributed by atoms with Gasteiger partial charge in [-0.2, -0.15) is 4.31 Å². The highest BCUT2D eigenvalue weighted by molar-refractivity contribution is 7.90. The summed E-state index contributed by atoms with van der Waals surface area (Å²) in [6.45, 7) is 0.708. The zero-order valence-corrected chi connectivity index (χ0v) is 12.6. The molecule has 7 heteroatoms. The molecule has 0 spiro atoms. The quantitative estimate of drug-likeness (QED) is 0.870. The van der Waals surface area contributed by atoms with Gasteiger partial charge in [-0.25, -0.2) is 12.8 Å². The maximum absolute atomic E-state index is 13.0. The van der Waals surface area contributed by atoms with Gasteiger partial charge in [0.25, 0.3) is 0 Å². The monoisotopic (exact) mass is 322 g/mol. The summed E-state index contributed by atoms with van der Waals surface area (Å²) in [6, 6.07) is 6.03. The minimum atomic E-state index is -3.19. The predicted octanol–water partition coefficient (Wildman–Crippen LogP) is 2.33. The van der Waals surface area contributed by atoms with Crippen LogP contribution in [-0.2, 0) is 23.0 Å². The van der Waals surface area contributed by atoms with E-state index in [2.05, 4.69) is 5.16 Å². The summed E-state index contributed by atoms with van der Waals surface area (Å²) >= 11 is 0. The normalized spacial score (nSPS) is 19.1. The van der Waals surface area contributed by atoms with Gasteiger partial charge in [-0.3, -0.25) is 0 Å². The van der Waals surface area contributed by atoms with E-state index in [0.717, 1.165) is 24.0 Å². The first-order valence-corrected chi connectivity index (χ1v) is 8.78. The van der Waals surface area contributed by atoms with Gasteiger partial charge in [-0.05, 0) is 43.5 Å². The molecule has 0 radical (unpaired) electrons. The van der Waals surface area contributed by atoms with Crippen molar-refractivity contribution < 1.29 is 17.3 Å². The van der Waals surface area contributed by atoms with Crippen LogP contribution < -0.4 is 0 Å². The van der Waals surface area contributed by atoms with Crippen molar-refractivity contribution >= 4 is 10.0 Å². The lowest BCUT2D eigenvalue weighted by Crippen LogP contribution is -2.38. The molecular weight excluding hydrogens is 307 g/mol. The Morgan fingerprint density at radius 2 is 1.95 bits per heavy atom. The molecule has 0 unspecified atom stereocenters. The highest BCUT2D eigenvalue weighted by Gasteiger charge is 2.42. The highest BCUT2D eigenvalue weighted by Crippen LogP contribution is 2.35. The van der Waals surface area contributed by atoms with E-state index >= 15 is 0 Å². The second kappa shape index (κ2) is 4.89. The molecule has 0 amide bonds. The van der Waals surface area contributed by atoms with Crippen molar-refractivity contribution in [2.24, 2.45) is 0 Å². The first kappa shape index (κ1) is 13.9. The third-order valence-corrected chi connectivity index (χ3v) is 6.56. The molecule has 0 saturated heterocycles. The van der Waals surface area contributed by atoms with E-state index in [1.54, 1.807) is 12.1 Å². The van der Waals surface area contributed by atoms with Crippen LogP contribution in [0.2, 0.25) is 0 Å². The number of sulfonamides is 1. The zero-order chi connectivity index (χ0) is 15.3. The fourth-order valence-corrected chi connectivity index (χ4v) is 4.63. The van der Waals surface area contributed by atoms with Crippen molar-refractivity contribution in [2.45, 2.75) is 31.1 Å². The molecule has 0 N–H and O–H groups in total. The van der Waals surface area contributed by atoms with Gasteiger partial charge >= 0.3 is 0 Å². The van der Waals surface area contributed by atoms with Gasteiger partial charge in [-0.1, -0.05) is 5.16 Å². The standard InChI is InChI=1S/C15H15FN2O3S/c16-11-3-1-10(2-4-11)15-13-7-8-18(9-14(13)17-21-15)22(19,20)12-5-6-12/h1-4,12H,5-9H2. The number of hydrogen-bond acceptors (Lipinski definition) is 4. The van der Waals surface area contributed by atoms with Crippen molar-refractivity contribution in [1.82, 2.24) is 9.46 Å². The first-order chi connectivity index (χ1) is 10.6. The summed E-state index contributed by atoms with van der Waals surface area (Å²) in [5, 5.41) is 3.81. The molecule has 1 aromatic heterocycles. The Kier molecular flexibility index (Phi) is 3.09. The molecule has 1 aromatic carbocycles. The predicted molar refractivity (Wildman–Crippen MR) is 78.0 cm³/mol. The fraction of sp³-hybridized carbons (Fsp3) is 0.400. The van der Waals surface area contributed by atoms with E-state index in [1.807, 2.05) is 0 Å². The number of nitrogens with zero attached hydrogens (tertiary/aromatic N) is 2. The van der Waals surface area contributed by atoms with Gasteiger partial charge in [0, 0.05) is 17.7 Å². The van der Waals surface area contributed by atoms with Crippen LogP contribution in [0.5, 0.6) is 0 Å². The van der Waals surface area contributed by atoms with E-state index in [9.17, 15) is 12.8 Å².